The maximum absolute atomic E-state index is 3.71. The Balaban J connectivity index is 1.63. The van der Waals surface area contributed by atoms with Gasteiger partial charge in [-0.25, -0.2) is 0 Å². The third-order valence-corrected chi connectivity index (χ3v) is 6.21. The topological polar surface area (TPSA) is 20.7 Å². The van der Waals surface area contributed by atoms with Gasteiger partial charge in [0.1, 0.15) is 0 Å². The summed E-state index contributed by atoms with van der Waals surface area (Å²) in [5.74, 6) is 0.383. The quantitative estimate of drug-likeness (QED) is 0.418. The van der Waals surface area contributed by atoms with Crippen LogP contribution in [-0.4, -0.2) is 9.55 Å². The van der Waals surface area contributed by atoms with Gasteiger partial charge in [0.25, 0.3) is 0 Å². The number of hydrogen-bond acceptors (Lipinski definition) is 0. The predicted octanol–water partition coefficient (Wildman–Crippen LogP) is 6.54. The van der Waals surface area contributed by atoms with Crippen molar-refractivity contribution in [2.75, 3.05) is 0 Å². The van der Waals surface area contributed by atoms with Crippen molar-refractivity contribution in [1.82, 2.24) is 9.55 Å². The molecule has 4 aromatic rings. The summed E-state index contributed by atoms with van der Waals surface area (Å²) in [5.41, 5.74) is 9.42. The van der Waals surface area contributed by atoms with E-state index in [0.717, 1.165) is 19.3 Å². The van der Waals surface area contributed by atoms with Crippen LogP contribution in [0.25, 0.3) is 27.8 Å². The van der Waals surface area contributed by atoms with E-state index in [1.165, 1.54) is 44.7 Å². The molecule has 2 nitrogen and oxygen atoms in total. The van der Waals surface area contributed by atoms with Crippen LogP contribution in [0.4, 0.5) is 0 Å². The molecule has 0 amide bonds. The van der Waals surface area contributed by atoms with Crippen LogP contribution in [0.15, 0.2) is 90.7 Å². The van der Waals surface area contributed by atoms with E-state index in [2.05, 4.69) is 94.6 Å². The average Bonchev–Trinajstić information content (AvgIpc) is 3.36. The zero-order valence-electron chi connectivity index (χ0n) is 15.7. The molecule has 1 atom stereocenters. The first-order valence-electron chi connectivity index (χ1n) is 10.1. The van der Waals surface area contributed by atoms with Gasteiger partial charge in [-0.3, -0.25) is 0 Å². The fourth-order valence-corrected chi connectivity index (χ4v) is 4.94. The lowest BCUT2D eigenvalue weighted by Crippen LogP contribution is -2.16. The van der Waals surface area contributed by atoms with E-state index in [4.69, 9.17) is 0 Å². The molecule has 2 aromatic heterocycles. The standard InChI is InChI=1S/C26H22N2/c1-3-9-18(10-4-1)22-17-23-20-13-7-8-14-24(20)27-25(23)21-15-16-28(26(21)22)19-11-5-2-6-12-19/h2-3,5-16,22,27H,1,4,17H2. The molecule has 2 heteroatoms. The van der Waals surface area contributed by atoms with Gasteiger partial charge in [-0.05, 0) is 54.7 Å². The molecular formula is C26H22N2. The monoisotopic (exact) mass is 362 g/mol. The molecule has 6 rings (SSSR count). The Morgan fingerprint density at radius 2 is 1.75 bits per heavy atom. The van der Waals surface area contributed by atoms with Crippen molar-refractivity contribution in [3.8, 4) is 16.9 Å². The van der Waals surface area contributed by atoms with Gasteiger partial charge in [0.2, 0.25) is 0 Å². The number of aromatic nitrogens is 2. The summed E-state index contributed by atoms with van der Waals surface area (Å²) in [6.45, 7) is 0. The highest BCUT2D eigenvalue weighted by molar-refractivity contribution is 5.93. The Hall–Kier alpha value is -3.26. The molecule has 0 saturated heterocycles. The van der Waals surface area contributed by atoms with Gasteiger partial charge >= 0.3 is 0 Å². The molecule has 0 spiro atoms. The molecule has 28 heavy (non-hydrogen) atoms. The van der Waals surface area contributed by atoms with E-state index in [1.54, 1.807) is 0 Å². The fourth-order valence-electron chi connectivity index (χ4n) is 4.94. The minimum Gasteiger partial charge on any atom is -0.354 e. The molecule has 0 saturated carbocycles. The van der Waals surface area contributed by atoms with Crippen molar-refractivity contribution in [2.24, 2.45) is 0 Å². The summed E-state index contributed by atoms with van der Waals surface area (Å²) >= 11 is 0. The van der Waals surface area contributed by atoms with E-state index >= 15 is 0 Å². The Labute approximate surface area is 164 Å². The Kier molecular flexibility index (Phi) is 3.45. The molecule has 2 aromatic carbocycles. The fraction of sp³-hybridized carbons (Fsp3) is 0.154. The highest BCUT2D eigenvalue weighted by Gasteiger charge is 2.32. The van der Waals surface area contributed by atoms with Crippen LogP contribution < -0.4 is 0 Å². The molecule has 2 aliphatic rings. The molecule has 1 unspecified atom stereocenters. The zero-order chi connectivity index (χ0) is 18.5. The minimum atomic E-state index is 0.383. The summed E-state index contributed by atoms with van der Waals surface area (Å²) < 4.78 is 2.39. The highest BCUT2D eigenvalue weighted by atomic mass is 15.0. The largest absolute Gasteiger partial charge is 0.354 e. The molecule has 2 aliphatic carbocycles. The van der Waals surface area contributed by atoms with E-state index in [1.807, 2.05) is 0 Å². The molecule has 0 aliphatic heterocycles. The molecule has 0 bridgehead atoms. The molecule has 0 fully saturated rings. The molecule has 1 N–H and O–H groups in total. The molecule has 2 heterocycles. The van der Waals surface area contributed by atoms with Gasteiger partial charge in [-0.2, -0.15) is 0 Å². The number of hydrogen-bond donors (Lipinski definition) is 1. The van der Waals surface area contributed by atoms with E-state index in [9.17, 15) is 0 Å². The maximum atomic E-state index is 3.71. The van der Waals surface area contributed by atoms with Crippen molar-refractivity contribution in [1.29, 1.82) is 0 Å². The highest BCUT2D eigenvalue weighted by Crippen LogP contribution is 2.47. The second-order valence-corrected chi connectivity index (χ2v) is 7.78. The molecule has 136 valence electrons. The zero-order valence-corrected chi connectivity index (χ0v) is 15.7. The van der Waals surface area contributed by atoms with Crippen LogP contribution in [0.5, 0.6) is 0 Å². The minimum absolute atomic E-state index is 0.383. The molecular weight excluding hydrogens is 340 g/mol. The third kappa shape index (κ3) is 2.27. The number of rotatable bonds is 2. The first kappa shape index (κ1) is 15.8. The van der Waals surface area contributed by atoms with Gasteiger partial charge < -0.3 is 9.55 Å². The number of nitrogens with zero attached hydrogens (tertiary/aromatic N) is 1. The SMILES string of the molecule is C1=CC(C2Cc3c([nH]c4ccccc34)-c3ccn(-c4ccccc4)c32)=CCC1. The summed E-state index contributed by atoms with van der Waals surface area (Å²) in [4.78, 5) is 3.71. The second kappa shape index (κ2) is 6.13. The lowest BCUT2D eigenvalue weighted by molar-refractivity contribution is 0.732. The van der Waals surface area contributed by atoms with Crippen molar-refractivity contribution >= 4 is 10.9 Å². The lowest BCUT2D eigenvalue weighted by atomic mass is 9.79. The number of aromatic amines is 1. The summed E-state index contributed by atoms with van der Waals surface area (Å²) in [5, 5.41) is 1.36. The van der Waals surface area contributed by atoms with Crippen molar-refractivity contribution in [2.45, 2.75) is 25.2 Å². The predicted molar refractivity (Wildman–Crippen MR) is 116 cm³/mol. The van der Waals surface area contributed by atoms with Crippen LogP contribution in [0.1, 0.15) is 30.0 Å². The smallest absolute Gasteiger partial charge is 0.0516 e. The Morgan fingerprint density at radius 1 is 0.893 bits per heavy atom. The van der Waals surface area contributed by atoms with Gasteiger partial charge in [-0.1, -0.05) is 54.6 Å². The second-order valence-electron chi connectivity index (χ2n) is 7.78. The number of fused-ring (bicyclic) bond motifs is 5. The third-order valence-electron chi connectivity index (χ3n) is 6.21. The van der Waals surface area contributed by atoms with E-state index < -0.39 is 0 Å². The van der Waals surface area contributed by atoms with E-state index in [-0.39, 0.29) is 0 Å². The van der Waals surface area contributed by atoms with Crippen molar-refractivity contribution < 1.29 is 0 Å². The van der Waals surface area contributed by atoms with Gasteiger partial charge in [0.05, 0.1) is 5.69 Å². The van der Waals surface area contributed by atoms with Crippen LogP contribution in [0, 0.1) is 0 Å². The first-order chi connectivity index (χ1) is 13.9. The normalized spacial score (nSPS) is 18.0. The number of benzene rings is 2. The Morgan fingerprint density at radius 3 is 2.61 bits per heavy atom. The van der Waals surface area contributed by atoms with Gasteiger partial charge in [0.15, 0.2) is 0 Å². The maximum Gasteiger partial charge on any atom is 0.0516 e. The number of para-hydroxylation sites is 2. The number of allylic oxidation sites excluding steroid dienone is 4. The first-order valence-corrected chi connectivity index (χ1v) is 10.1. The average molecular weight is 362 g/mol. The van der Waals surface area contributed by atoms with Gasteiger partial charge in [0, 0.05) is 40.0 Å². The number of H-pyrrole nitrogens is 1. The van der Waals surface area contributed by atoms with Crippen LogP contribution in [0.3, 0.4) is 0 Å². The van der Waals surface area contributed by atoms with E-state index in [0.29, 0.717) is 5.92 Å². The summed E-state index contributed by atoms with van der Waals surface area (Å²) in [6, 6.07) is 21.7. The Bertz CT molecular complexity index is 1230. The molecule has 0 radical (unpaired) electrons. The van der Waals surface area contributed by atoms with Gasteiger partial charge in [-0.15, -0.1) is 0 Å². The van der Waals surface area contributed by atoms with Crippen molar-refractivity contribution in [3.05, 3.63) is 102 Å². The van der Waals surface area contributed by atoms with Crippen molar-refractivity contribution in [3.63, 3.8) is 0 Å². The van der Waals surface area contributed by atoms with Crippen LogP contribution >= 0.6 is 0 Å². The summed E-state index contributed by atoms with van der Waals surface area (Å²) in [6.07, 6.45) is 12.7. The van der Waals surface area contributed by atoms with Crippen LogP contribution in [0.2, 0.25) is 0 Å². The van der Waals surface area contributed by atoms with Crippen LogP contribution in [-0.2, 0) is 6.42 Å². The number of nitrogens with one attached hydrogen (secondary N) is 1. The lowest BCUT2D eigenvalue weighted by Gasteiger charge is -2.28. The summed E-state index contributed by atoms with van der Waals surface area (Å²) in [7, 11) is 0.